The molecule has 1 aliphatic heterocycles. The molecule has 2 rings (SSSR count). The van der Waals surface area contributed by atoms with E-state index in [1.807, 2.05) is 18.7 Å². The predicted molar refractivity (Wildman–Crippen MR) is 106 cm³/mol. The standard InChI is InChI=1S/C21H31N3O3/c1-5-16(6-2)24-13-15(11-19(24)25)20(26)23-18-10-8-7-9-17(18)21(27)22-12-14(3)4/h7-10,14-16H,5-6,11-13H2,1-4H3,(H,22,27)(H,23,26). The zero-order valence-electron chi connectivity index (χ0n) is 16.7. The van der Waals surface area contributed by atoms with Gasteiger partial charge in [0.05, 0.1) is 17.2 Å². The van der Waals surface area contributed by atoms with Gasteiger partial charge in [0.25, 0.3) is 5.91 Å². The van der Waals surface area contributed by atoms with E-state index >= 15 is 0 Å². The molecule has 3 amide bonds. The van der Waals surface area contributed by atoms with Crippen LogP contribution in [0.2, 0.25) is 0 Å². The van der Waals surface area contributed by atoms with Crippen molar-refractivity contribution in [3.05, 3.63) is 29.8 Å². The fourth-order valence-corrected chi connectivity index (χ4v) is 3.41. The van der Waals surface area contributed by atoms with Gasteiger partial charge in [-0.05, 0) is 30.9 Å². The molecule has 1 atom stereocenters. The van der Waals surface area contributed by atoms with Gasteiger partial charge in [-0.25, -0.2) is 0 Å². The molecule has 1 aromatic carbocycles. The molecule has 1 unspecified atom stereocenters. The lowest BCUT2D eigenvalue weighted by atomic mass is 10.1. The molecule has 1 saturated heterocycles. The van der Waals surface area contributed by atoms with Crippen LogP contribution in [0.15, 0.2) is 24.3 Å². The van der Waals surface area contributed by atoms with E-state index in [9.17, 15) is 14.4 Å². The molecular formula is C21H31N3O3. The average Bonchev–Trinajstić information content (AvgIpc) is 3.03. The van der Waals surface area contributed by atoms with Gasteiger partial charge in [0, 0.05) is 25.6 Å². The SMILES string of the molecule is CCC(CC)N1CC(C(=O)Nc2ccccc2C(=O)NCC(C)C)CC1=O. The summed E-state index contributed by atoms with van der Waals surface area (Å²) in [5, 5.41) is 5.73. The van der Waals surface area contributed by atoms with Crippen molar-refractivity contribution >= 4 is 23.4 Å². The number of nitrogens with one attached hydrogen (secondary N) is 2. The lowest BCUT2D eigenvalue weighted by molar-refractivity contribution is -0.130. The van der Waals surface area contributed by atoms with Gasteiger partial charge in [0.15, 0.2) is 0 Å². The summed E-state index contributed by atoms with van der Waals surface area (Å²) >= 11 is 0. The Kier molecular flexibility index (Phi) is 7.39. The van der Waals surface area contributed by atoms with E-state index in [0.29, 0.717) is 30.3 Å². The fraction of sp³-hybridized carbons (Fsp3) is 0.571. The van der Waals surface area contributed by atoms with Crippen LogP contribution in [0.5, 0.6) is 0 Å². The molecule has 0 radical (unpaired) electrons. The molecular weight excluding hydrogens is 342 g/mol. The first kappa shape index (κ1) is 20.9. The van der Waals surface area contributed by atoms with E-state index < -0.39 is 0 Å². The predicted octanol–water partition coefficient (Wildman–Crippen LogP) is 3.05. The number of hydrogen-bond donors (Lipinski definition) is 2. The maximum atomic E-state index is 12.7. The van der Waals surface area contributed by atoms with E-state index in [1.54, 1.807) is 24.3 Å². The van der Waals surface area contributed by atoms with Gasteiger partial charge < -0.3 is 15.5 Å². The highest BCUT2D eigenvalue weighted by Crippen LogP contribution is 2.25. The molecule has 0 spiro atoms. The number of likely N-dealkylation sites (tertiary alicyclic amines) is 1. The van der Waals surface area contributed by atoms with Gasteiger partial charge in [-0.1, -0.05) is 39.8 Å². The minimum Gasteiger partial charge on any atom is -0.352 e. The first-order valence-electron chi connectivity index (χ1n) is 9.84. The molecule has 6 nitrogen and oxygen atoms in total. The molecule has 1 fully saturated rings. The Hall–Kier alpha value is -2.37. The van der Waals surface area contributed by atoms with Crippen molar-refractivity contribution in [2.24, 2.45) is 11.8 Å². The van der Waals surface area contributed by atoms with Crippen molar-refractivity contribution in [3.8, 4) is 0 Å². The molecule has 0 aliphatic carbocycles. The summed E-state index contributed by atoms with van der Waals surface area (Å²) in [6.07, 6.45) is 1.99. The van der Waals surface area contributed by atoms with Crippen LogP contribution in [-0.4, -0.2) is 41.8 Å². The highest BCUT2D eigenvalue weighted by atomic mass is 16.2. The number of nitrogens with zero attached hydrogens (tertiary/aromatic N) is 1. The molecule has 1 heterocycles. The van der Waals surface area contributed by atoms with E-state index in [1.165, 1.54) is 0 Å². The van der Waals surface area contributed by atoms with Crippen LogP contribution in [0.4, 0.5) is 5.69 Å². The number of benzene rings is 1. The number of amides is 3. The Morgan fingerprint density at radius 2 is 1.85 bits per heavy atom. The second kappa shape index (κ2) is 9.53. The number of carbonyl (C=O) groups is 3. The van der Waals surface area contributed by atoms with Crippen molar-refractivity contribution in [1.29, 1.82) is 0 Å². The maximum absolute atomic E-state index is 12.7. The number of para-hydroxylation sites is 1. The third-order valence-electron chi connectivity index (χ3n) is 5.01. The van der Waals surface area contributed by atoms with Gasteiger partial charge in [-0.15, -0.1) is 0 Å². The van der Waals surface area contributed by atoms with Gasteiger partial charge in [0.1, 0.15) is 0 Å². The largest absolute Gasteiger partial charge is 0.352 e. The lowest BCUT2D eigenvalue weighted by Gasteiger charge is -2.26. The first-order valence-corrected chi connectivity index (χ1v) is 9.84. The minimum absolute atomic E-state index is 0.0341. The normalized spacial score (nSPS) is 16.9. The monoisotopic (exact) mass is 373 g/mol. The second-order valence-corrected chi connectivity index (χ2v) is 7.56. The Bertz CT molecular complexity index is 683. The zero-order valence-corrected chi connectivity index (χ0v) is 16.7. The molecule has 6 heteroatoms. The summed E-state index contributed by atoms with van der Waals surface area (Å²) in [6.45, 7) is 9.18. The summed E-state index contributed by atoms with van der Waals surface area (Å²) in [5.74, 6) is -0.422. The third kappa shape index (κ3) is 5.31. The van der Waals surface area contributed by atoms with Gasteiger partial charge in [-0.2, -0.15) is 0 Å². The van der Waals surface area contributed by atoms with E-state index in [0.717, 1.165) is 12.8 Å². The minimum atomic E-state index is -0.384. The molecule has 27 heavy (non-hydrogen) atoms. The summed E-state index contributed by atoms with van der Waals surface area (Å²) < 4.78 is 0. The van der Waals surface area contributed by atoms with Crippen LogP contribution in [0.1, 0.15) is 57.3 Å². The quantitative estimate of drug-likeness (QED) is 0.735. The van der Waals surface area contributed by atoms with Crippen LogP contribution in [0.25, 0.3) is 0 Å². The van der Waals surface area contributed by atoms with Gasteiger partial charge in [-0.3, -0.25) is 14.4 Å². The third-order valence-corrected chi connectivity index (χ3v) is 5.01. The van der Waals surface area contributed by atoms with E-state index in [-0.39, 0.29) is 36.1 Å². The zero-order chi connectivity index (χ0) is 20.0. The smallest absolute Gasteiger partial charge is 0.253 e. The topological polar surface area (TPSA) is 78.5 Å². The fourth-order valence-electron chi connectivity index (χ4n) is 3.41. The molecule has 148 valence electrons. The van der Waals surface area contributed by atoms with Crippen molar-refractivity contribution in [1.82, 2.24) is 10.2 Å². The molecule has 1 aromatic rings. The number of carbonyl (C=O) groups excluding carboxylic acids is 3. The molecule has 1 aliphatic rings. The highest BCUT2D eigenvalue weighted by Gasteiger charge is 2.37. The maximum Gasteiger partial charge on any atom is 0.253 e. The first-order chi connectivity index (χ1) is 12.9. The summed E-state index contributed by atoms with van der Waals surface area (Å²) in [5.41, 5.74) is 0.921. The van der Waals surface area contributed by atoms with Gasteiger partial charge >= 0.3 is 0 Å². The summed E-state index contributed by atoms with van der Waals surface area (Å²) in [6, 6.07) is 7.16. The second-order valence-electron chi connectivity index (χ2n) is 7.56. The van der Waals surface area contributed by atoms with Crippen molar-refractivity contribution in [2.45, 2.75) is 53.0 Å². The number of anilines is 1. The van der Waals surface area contributed by atoms with Crippen LogP contribution in [-0.2, 0) is 9.59 Å². The molecule has 2 N–H and O–H groups in total. The van der Waals surface area contributed by atoms with Crippen molar-refractivity contribution in [2.75, 3.05) is 18.4 Å². The lowest BCUT2D eigenvalue weighted by Crippen LogP contribution is -2.36. The Balaban J connectivity index is 2.06. The average molecular weight is 373 g/mol. The van der Waals surface area contributed by atoms with Crippen LogP contribution in [0.3, 0.4) is 0 Å². The summed E-state index contributed by atoms with van der Waals surface area (Å²) in [4.78, 5) is 39.3. The Morgan fingerprint density at radius 1 is 1.19 bits per heavy atom. The molecule has 0 bridgehead atoms. The highest BCUT2D eigenvalue weighted by molar-refractivity contribution is 6.05. The van der Waals surface area contributed by atoms with Crippen molar-refractivity contribution < 1.29 is 14.4 Å². The Morgan fingerprint density at radius 3 is 2.48 bits per heavy atom. The van der Waals surface area contributed by atoms with Gasteiger partial charge in [0.2, 0.25) is 11.8 Å². The van der Waals surface area contributed by atoms with Crippen molar-refractivity contribution in [3.63, 3.8) is 0 Å². The summed E-state index contributed by atoms with van der Waals surface area (Å²) in [7, 11) is 0. The number of rotatable bonds is 8. The van der Waals surface area contributed by atoms with Crippen LogP contribution < -0.4 is 10.6 Å². The van der Waals surface area contributed by atoms with Crippen LogP contribution in [0, 0.1) is 11.8 Å². The van der Waals surface area contributed by atoms with E-state index in [2.05, 4.69) is 24.5 Å². The van der Waals surface area contributed by atoms with E-state index in [4.69, 9.17) is 0 Å². The number of hydrogen-bond acceptors (Lipinski definition) is 3. The van der Waals surface area contributed by atoms with Crippen LogP contribution >= 0.6 is 0 Å². The molecule has 0 aromatic heterocycles. The molecule has 0 saturated carbocycles. The Labute approximate surface area is 161 Å².